The second-order valence-electron chi connectivity index (χ2n) is 7.09. The van der Waals surface area contributed by atoms with E-state index in [0.717, 1.165) is 4.57 Å². The Labute approximate surface area is 181 Å². The minimum atomic E-state index is -4.46. The third-order valence-corrected chi connectivity index (χ3v) is 5.99. The third kappa shape index (κ3) is 5.14. The third-order valence-electron chi connectivity index (χ3n) is 4.93. The van der Waals surface area contributed by atoms with Crippen LogP contribution in [0.5, 0.6) is 5.75 Å². The van der Waals surface area contributed by atoms with Gasteiger partial charge in [0.05, 0.1) is 18.9 Å². The normalized spacial score (nSPS) is 25.0. The highest BCUT2D eigenvalue weighted by Gasteiger charge is 2.45. The average molecular weight is 473 g/mol. The van der Waals surface area contributed by atoms with Crippen molar-refractivity contribution in [1.82, 2.24) is 19.6 Å². The molecule has 1 aliphatic heterocycles. The lowest BCUT2D eigenvalue weighted by Gasteiger charge is -2.19. The van der Waals surface area contributed by atoms with Gasteiger partial charge >= 0.3 is 13.4 Å². The van der Waals surface area contributed by atoms with Crippen LogP contribution < -0.4 is 16.5 Å². The highest BCUT2D eigenvalue weighted by Crippen LogP contribution is 2.40. The Hall–Kier alpha value is -2.42. The smallest absolute Gasteiger partial charge is 0.403 e. The first-order valence-electron chi connectivity index (χ1n) is 9.40. The standard InChI is InChI=1S/C17H24N5O9P/c1-8-13(24)10(9(6-23)4-19-8)5-20-32(28,29)30-7-11-14(25)15(26)16(31-11)22-3-2-12(18)21-17(22)27/h2-4,11,14-16,23-26H,5-7H2,1H3,(H2,18,21,27)(H2,20,28,29)/t11-,14?,15?,16-/m1/s1. The number of hydrogen-bond donors (Lipinski definition) is 7. The van der Waals surface area contributed by atoms with Crippen molar-refractivity contribution in [2.75, 3.05) is 12.3 Å². The summed E-state index contributed by atoms with van der Waals surface area (Å²) in [5.74, 6) is -0.279. The number of aliphatic hydroxyl groups is 3. The van der Waals surface area contributed by atoms with E-state index in [1.165, 1.54) is 25.4 Å². The Morgan fingerprint density at radius 1 is 1.38 bits per heavy atom. The van der Waals surface area contributed by atoms with E-state index < -0.39 is 51.2 Å². The molecule has 0 bridgehead atoms. The predicted molar refractivity (Wildman–Crippen MR) is 108 cm³/mol. The van der Waals surface area contributed by atoms with Crippen LogP contribution in [0, 0.1) is 6.92 Å². The maximum Gasteiger partial charge on any atom is 0.403 e. The van der Waals surface area contributed by atoms with Crippen molar-refractivity contribution in [2.24, 2.45) is 0 Å². The fourth-order valence-electron chi connectivity index (χ4n) is 3.13. The lowest BCUT2D eigenvalue weighted by molar-refractivity contribution is -0.0527. The highest BCUT2D eigenvalue weighted by atomic mass is 31.2. The zero-order valence-electron chi connectivity index (χ0n) is 16.9. The monoisotopic (exact) mass is 473 g/mol. The molecule has 1 saturated heterocycles. The summed E-state index contributed by atoms with van der Waals surface area (Å²) in [5, 5.41) is 42.1. The first-order chi connectivity index (χ1) is 15.0. The summed E-state index contributed by atoms with van der Waals surface area (Å²) in [6.45, 7) is 0.137. The fraction of sp³-hybridized carbons (Fsp3) is 0.471. The number of aromatic nitrogens is 3. The van der Waals surface area contributed by atoms with Crippen molar-refractivity contribution in [3.05, 3.63) is 45.8 Å². The van der Waals surface area contributed by atoms with E-state index in [0.29, 0.717) is 0 Å². The molecule has 15 heteroatoms. The molecule has 1 aliphatic rings. The molecule has 3 heterocycles. The summed E-state index contributed by atoms with van der Waals surface area (Å²) in [5.41, 5.74) is 5.29. The molecule has 0 amide bonds. The van der Waals surface area contributed by atoms with E-state index in [1.54, 1.807) is 0 Å². The van der Waals surface area contributed by atoms with Crippen molar-refractivity contribution in [2.45, 2.75) is 44.6 Å². The van der Waals surface area contributed by atoms with Crippen LogP contribution in [0.4, 0.5) is 5.82 Å². The molecule has 2 aromatic heterocycles. The van der Waals surface area contributed by atoms with Crippen LogP contribution in [-0.2, 0) is 27.0 Å². The Balaban J connectivity index is 1.64. The summed E-state index contributed by atoms with van der Waals surface area (Å²) in [7, 11) is -4.46. The average Bonchev–Trinajstić information content (AvgIpc) is 3.02. The van der Waals surface area contributed by atoms with E-state index in [9.17, 15) is 34.7 Å². The number of nitrogens with one attached hydrogen (secondary N) is 1. The maximum absolute atomic E-state index is 12.4. The van der Waals surface area contributed by atoms with Crippen molar-refractivity contribution in [3.8, 4) is 5.75 Å². The molecule has 8 N–H and O–H groups in total. The topological polar surface area (TPSA) is 223 Å². The Morgan fingerprint density at radius 2 is 2.09 bits per heavy atom. The molecule has 14 nitrogen and oxygen atoms in total. The van der Waals surface area contributed by atoms with Crippen LogP contribution in [-0.4, -0.2) is 64.8 Å². The predicted octanol–water partition coefficient (Wildman–Crippen LogP) is -1.75. The molecule has 0 radical (unpaired) electrons. The molecule has 32 heavy (non-hydrogen) atoms. The molecule has 3 rings (SSSR count). The number of ether oxygens (including phenoxy) is 1. The van der Waals surface area contributed by atoms with Gasteiger partial charge in [0.2, 0.25) is 0 Å². The lowest BCUT2D eigenvalue weighted by Crippen LogP contribution is -2.36. The van der Waals surface area contributed by atoms with Crippen molar-refractivity contribution in [3.63, 3.8) is 0 Å². The van der Waals surface area contributed by atoms with E-state index >= 15 is 0 Å². The zero-order chi connectivity index (χ0) is 23.6. The number of aromatic hydroxyl groups is 1. The fourth-order valence-corrected chi connectivity index (χ4v) is 3.93. The minimum Gasteiger partial charge on any atom is -0.506 e. The summed E-state index contributed by atoms with van der Waals surface area (Å²) in [6, 6.07) is 1.30. The van der Waals surface area contributed by atoms with Crippen molar-refractivity contribution in [1.29, 1.82) is 0 Å². The van der Waals surface area contributed by atoms with E-state index in [1.807, 2.05) is 0 Å². The van der Waals surface area contributed by atoms with Gasteiger partial charge in [0.25, 0.3) is 0 Å². The minimum absolute atomic E-state index is 0.0359. The SMILES string of the molecule is Cc1ncc(CO)c(CNP(=O)(O)OC[C@H]2O[C@@H](n3ccc(N)nc3=O)C(O)C2O)c1O. The zero-order valence-corrected chi connectivity index (χ0v) is 17.8. The lowest BCUT2D eigenvalue weighted by atomic mass is 10.1. The quantitative estimate of drug-likeness (QED) is 0.212. The van der Waals surface area contributed by atoms with Crippen LogP contribution >= 0.6 is 7.75 Å². The molecular weight excluding hydrogens is 449 g/mol. The second-order valence-corrected chi connectivity index (χ2v) is 8.71. The number of nitrogens with two attached hydrogens (primary N) is 1. The molecule has 2 aromatic rings. The molecule has 5 atom stereocenters. The molecule has 1 fully saturated rings. The number of pyridine rings is 1. The van der Waals surface area contributed by atoms with Crippen LogP contribution in [0.2, 0.25) is 0 Å². The summed E-state index contributed by atoms with van der Waals surface area (Å²) in [4.78, 5) is 29.4. The number of rotatable bonds is 8. The molecule has 0 aliphatic carbocycles. The van der Waals surface area contributed by atoms with Gasteiger partial charge in [0, 0.05) is 30.1 Å². The molecule has 0 aromatic carbocycles. The van der Waals surface area contributed by atoms with Gasteiger partial charge in [-0.15, -0.1) is 0 Å². The number of aryl methyl sites for hydroxylation is 1. The largest absolute Gasteiger partial charge is 0.506 e. The Kier molecular flexibility index (Phi) is 7.27. The number of nitrogens with zero attached hydrogens (tertiary/aromatic N) is 3. The first-order valence-corrected chi connectivity index (χ1v) is 11.0. The number of hydrogen-bond acceptors (Lipinski definition) is 11. The van der Waals surface area contributed by atoms with Crippen LogP contribution in [0.3, 0.4) is 0 Å². The second kappa shape index (κ2) is 9.60. The Bertz CT molecular complexity index is 1080. The van der Waals surface area contributed by atoms with E-state index in [2.05, 4.69) is 15.1 Å². The van der Waals surface area contributed by atoms with Gasteiger partial charge in [-0.2, -0.15) is 4.98 Å². The van der Waals surface area contributed by atoms with Crippen LogP contribution in [0.25, 0.3) is 0 Å². The maximum atomic E-state index is 12.4. The van der Waals surface area contributed by atoms with Crippen LogP contribution in [0.15, 0.2) is 23.3 Å². The van der Waals surface area contributed by atoms with Crippen molar-refractivity contribution < 1.29 is 39.1 Å². The molecule has 176 valence electrons. The van der Waals surface area contributed by atoms with Gasteiger partial charge < -0.3 is 35.8 Å². The van der Waals surface area contributed by atoms with E-state index in [4.69, 9.17) is 15.0 Å². The van der Waals surface area contributed by atoms with Gasteiger partial charge in [-0.3, -0.25) is 14.1 Å². The van der Waals surface area contributed by atoms with Gasteiger partial charge in [-0.1, -0.05) is 0 Å². The number of aliphatic hydroxyl groups excluding tert-OH is 3. The summed E-state index contributed by atoms with van der Waals surface area (Å²) in [6.07, 6.45) is -3.07. The van der Waals surface area contributed by atoms with Gasteiger partial charge in [0.15, 0.2) is 6.23 Å². The molecule has 0 spiro atoms. The highest BCUT2D eigenvalue weighted by molar-refractivity contribution is 7.50. The molecule has 0 saturated carbocycles. The number of anilines is 1. The Morgan fingerprint density at radius 3 is 2.75 bits per heavy atom. The van der Waals surface area contributed by atoms with Crippen LogP contribution in [0.1, 0.15) is 23.0 Å². The van der Waals surface area contributed by atoms with Gasteiger partial charge in [-0.05, 0) is 13.0 Å². The van der Waals surface area contributed by atoms with Crippen molar-refractivity contribution >= 4 is 13.6 Å². The van der Waals surface area contributed by atoms with Gasteiger partial charge in [-0.25, -0.2) is 14.4 Å². The van der Waals surface area contributed by atoms with Gasteiger partial charge in [0.1, 0.15) is 29.9 Å². The summed E-state index contributed by atoms with van der Waals surface area (Å²) < 4.78 is 23.7. The molecule has 3 unspecified atom stereocenters. The summed E-state index contributed by atoms with van der Waals surface area (Å²) >= 11 is 0. The first kappa shape index (κ1) is 24.2. The van der Waals surface area contributed by atoms with E-state index in [-0.39, 0.29) is 34.9 Å². The number of nitrogen functional groups attached to an aromatic ring is 1. The molecular formula is C17H24N5O9P.